The van der Waals surface area contributed by atoms with Crippen LogP contribution in [0, 0.1) is 19.7 Å². The summed E-state index contributed by atoms with van der Waals surface area (Å²) in [5.74, 6) is -1.96. The van der Waals surface area contributed by atoms with Crippen LogP contribution in [0.2, 0.25) is 0 Å². The average Bonchev–Trinajstić information content (AvgIpc) is 2.63. The summed E-state index contributed by atoms with van der Waals surface area (Å²) in [4.78, 5) is 37.3. The minimum absolute atomic E-state index is 0.225. The Kier molecular flexibility index (Phi) is 6.65. The fourth-order valence-corrected chi connectivity index (χ4v) is 2.31. The van der Waals surface area contributed by atoms with Gasteiger partial charge in [-0.25, -0.2) is 9.18 Å². The maximum atomic E-state index is 12.9. The number of nitrogens with zero attached hydrogens (tertiary/aromatic N) is 1. The molecule has 0 radical (unpaired) electrons. The van der Waals surface area contributed by atoms with Crippen LogP contribution in [-0.4, -0.2) is 42.9 Å². The lowest BCUT2D eigenvalue weighted by Gasteiger charge is -2.17. The Balaban J connectivity index is 1.84. The molecule has 0 aliphatic heterocycles. The zero-order chi connectivity index (χ0) is 20.0. The predicted molar refractivity (Wildman–Crippen MR) is 98.9 cm³/mol. The summed E-state index contributed by atoms with van der Waals surface area (Å²) >= 11 is 0. The van der Waals surface area contributed by atoms with Gasteiger partial charge in [0, 0.05) is 12.7 Å². The molecule has 1 N–H and O–H groups in total. The number of hydrogen-bond donors (Lipinski definition) is 1. The van der Waals surface area contributed by atoms with E-state index < -0.39 is 30.2 Å². The van der Waals surface area contributed by atoms with E-state index >= 15 is 0 Å². The standard InChI is InChI=1S/C20H21FN2O4/c1-13-4-5-14(2)17(10-13)20(26)27-12-19(25)23(3)11-18(24)22-16-8-6-15(21)7-9-16/h4-10H,11-12H2,1-3H3,(H,22,24). The van der Waals surface area contributed by atoms with Gasteiger partial charge in [-0.1, -0.05) is 17.7 Å². The molecule has 0 aliphatic carbocycles. The van der Waals surface area contributed by atoms with Gasteiger partial charge in [0.25, 0.3) is 5.91 Å². The van der Waals surface area contributed by atoms with Crippen LogP contribution in [0.1, 0.15) is 21.5 Å². The Morgan fingerprint density at radius 2 is 1.74 bits per heavy atom. The van der Waals surface area contributed by atoms with Gasteiger partial charge >= 0.3 is 5.97 Å². The summed E-state index contributed by atoms with van der Waals surface area (Å²) in [7, 11) is 1.43. The maximum absolute atomic E-state index is 12.9. The van der Waals surface area contributed by atoms with Crippen LogP contribution in [0.15, 0.2) is 42.5 Å². The first kappa shape index (κ1) is 20.1. The highest BCUT2D eigenvalue weighted by Gasteiger charge is 2.17. The monoisotopic (exact) mass is 372 g/mol. The van der Waals surface area contributed by atoms with E-state index in [1.165, 1.54) is 31.3 Å². The van der Waals surface area contributed by atoms with Crippen LogP contribution in [0.25, 0.3) is 0 Å². The molecular weight excluding hydrogens is 351 g/mol. The molecule has 7 heteroatoms. The minimum atomic E-state index is -0.589. The Morgan fingerprint density at radius 1 is 1.07 bits per heavy atom. The largest absolute Gasteiger partial charge is 0.452 e. The van der Waals surface area contributed by atoms with Gasteiger partial charge in [0.1, 0.15) is 5.82 Å². The van der Waals surface area contributed by atoms with E-state index in [0.29, 0.717) is 11.3 Å². The molecule has 0 heterocycles. The van der Waals surface area contributed by atoms with Crippen molar-refractivity contribution in [2.24, 2.45) is 0 Å². The number of esters is 1. The quantitative estimate of drug-likeness (QED) is 0.791. The molecule has 6 nitrogen and oxygen atoms in total. The number of benzene rings is 2. The average molecular weight is 372 g/mol. The molecule has 0 bridgehead atoms. The maximum Gasteiger partial charge on any atom is 0.338 e. The molecule has 142 valence electrons. The number of hydrogen-bond acceptors (Lipinski definition) is 4. The summed E-state index contributed by atoms with van der Waals surface area (Å²) in [6.45, 7) is 2.95. The topological polar surface area (TPSA) is 75.7 Å². The van der Waals surface area contributed by atoms with Crippen molar-refractivity contribution in [1.29, 1.82) is 0 Å². The SMILES string of the molecule is Cc1ccc(C)c(C(=O)OCC(=O)N(C)CC(=O)Nc2ccc(F)cc2)c1. The van der Waals surface area contributed by atoms with E-state index in [4.69, 9.17) is 4.74 Å². The van der Waals surface area contributed by atoms with E-state index in [-0.39, 0.29) is 6.54 Å². The van der Waals surface area contributed by atoms with Crippen LogP contribution in [0.4, 0.5) is 10.1 Å². The van der Waals surface area contributed by atoms with Gasteiger partial charge in [0.2, 0.25) is 5.91 Å². The number of halogens is 1. The number of rotatable bonds is 6. The molecule has 0 fully saturated rings. The lowest BCUT2D eigenvalue weighted by Crippen LogP contribution is -2.37. The molecule has 2 amide bonds. The van der Waals surface area contributed by atoms with Crippen molar-refractivity contribution in [3.05, 3.63) is 65.0 Å². The van der Waals surface area contributed by atoms with Gasteiger partial charge in [-0.2, -0.15) is 0 Å². The van der Waals surface area contributed by atoms with Gasteiger partial charge in [-0.3, -0.25) is 9.59 Å². The smallest absolute Gasteiger partial charge is 0.338 e. The van der Waals surface area contributed by atoms with Crippen LogP contribution < -0.4 is 5.32 Å². The Hall–Kier alpha value is -3.22. The molecule has 0 saturated carbocycles. The lowest BCUT2D eigenvalue weighted by molar-refractivity contribution is -0.136. The van der Waals surface area contributed by atoms with E-state index in [2.05, 4.69) is 5.32 Å². The van der Waals surface area contributed by atoms with Gasteiger partial charge < -0.3 is 15.0 Å². The van der Waals surface area contributed by atoms with Crippen LogP contribution in [0.3, 0.4) is 0 Å². The highest BCUT2D eigenvalue weighted by atomic mass is 19.1. The van der Waals surface area contributed by atoms with Crippen molar-refractivity contribution in [3.8, 4) is 0 Å². The van der Waals surface area contributed by atoms with Crippen molar-refractivity contribution < 1.29 is 23.5 Å². The molecule has 2 rings (SSSR count). The third kappa shape index (κ3) is 5.91. The van der Waals surface area contributed by atoms with E-state index in [1.807, 2.05) is 13.0 Å². The Labute approximate surface area is 156 Å². The Morgan fingerprint density at radius 3 is 2.41 bits per heavy atom. The van der Waals surface area contributed by atoms with E-state index in [9.17, 15) is 18.8 Å². The van der Waals surface area contributed by atoms with Gasteiger partial charge in [0.05, 0.1) is 12.1 Å². The first-order valence-corrected chi connectivity index (χ1v) is 8.30. The normalized spacial score (nSPS) is 10.2. The van der Waals surface area contributed by atoms with Gasteiger partial charge in [-0.15, -0.1) is 0 Å². The second-order valence-corrected chi connectivity index (χ2v) is 6.20. The molecule has 0 spiro atoms. The number of carbonyl (C=O) groups excluding carboxylic acids is 3. The summed E-state index contributed by atoms with van der Waals surface area (Å²) in [5.41, 5.74) is 2.49. The predicted octanol–water partition coefficient (Wildman–Crippen LogP) is 2.70. The van der Waals surface area contributed by atoms with Crippen molar-refractivity contribution in [2.45, 2.75) is 13.8 Å². The number of nitrogens with one attached hydrogen (secondary N) is 1. The van der Waals surface area contributed by atoms with Crippen molar-refractivity contribution in [2.75, 3.05) is 25.5 Å². The summed E-state index contributed by atoms with van der Waals surface area (Å²) in [6, 6.07) is 10.7. The first-order chi connectivity index (χ1) is 12.8. The number of amides is 2. The number of ether oxygens (including phenoxy) is 1. The van der Waals surface area contributed by atoms with Crippen LogP contribution in [-0.2, 0) is 14.3 Å². The molecular formula is C20H21FN2O4. The molecule has 2 aromatic carbocycles. The number of anilines is 1. The highest BCUT2D eigenvalue weighted by molar-refractivity contribution is 5.95. The second kappa shape index (κ2) is 8.93. The van der Waals surface area contributed by atoms with Crippen LogP contribution in [0.5, 0.6) is 0 Å². The molecule has 27 heavy (non-hydrogen) atoms. The van der Waals surface area contributed by atoms with E-state index in [0.717, 1.165) is 16.0 Å². The van der Waals surface area contributed by atoms with Crippen LogP contribution >= 0.6 is 0 Å². The molecule has 2 aromatic rings. The second-order valence-electron chi connectivity index (χ2n) is 6.20. The zero-order valence-corrected chi connectivity index (χ0v) is 15.4. The third-order valence-corrected chi connectivity index (χ3v) is 3.87. The zero-order valence-electron chi connectivity index (χ0n) is 15.4. The van der Waals surface area contributed by atoms with Crippen molar-refractivity contribution >= 4 is 23.5 Å². The highest BCUT2D eigenvalue weighted by Crippen LogP contribution is 2.12. The van der Waals surface area contributed by atoms with Crippen molar-refractivity contribution in [3.63, 3.8) is 0 Å². The summed E-state index contributed by atoms with van der Waals surface area (Å²) in [5, 5.41) is 2.55. The fraction of sp³-hybridized carbons (Fsp3) is 0.250. The molecule has 0 aromatic heterocycles. The molecule has 0 atom stereocenters. The molecule has 0 saturated heterocycles. The number of likely N-dealkylation sites (N-methyl/N-ethyl adjacent to an activating group) is 1. The summed E-state index contributed by atoms with van der Waals surface area (Å²) < 4.78 is 17.9. The van der Waals surface area contributed by atoms with Crippen molar-refractivity contribution in [1.82, 2.24) is 4.90 Å². The van der Waals surface area contributed by atoms with Gasteiger partial charge in [0.15, 0.2) is 6.61 Å². The van der Waals surface area contributed by atoms with Gasteiger partial charge in [-0.05, 0) is 49.7 Å². The molecule has 0 unspecified atom stereocenters. The van der Waals surface area contributed by atoms with E-state index in [1.54, 1.807) is 19.1 Å². The fourth-order valence-electron chi connectivity index (χ4n) is 2.31. The Bertz CT molecular complexity index is 850. The molecule has 0 aliphatic rings. The number of aryl methyl sites for hydroxylation is 2. The third-order valence-electron chi connectivity index (χ3n) is 3.87. The number of carbonyl (C=O) groups is 3. The summed E-state index contributed by atoms with van der Waals surface area (Å²) in [6.07, 6.45) is 0. The lowest BCUT2D eigenvalue weighted by atomic mass is 10.1. The first-order valence-electron chi connectivity index (χ1n) is 8.30. The minimum Gasteiger partial charge on any atom is -0.452 e.